The molecule has 1 aliphatic rings. The highest BCUT2D eigenvalue weighted by atomic mass is 19.2. The molecule has 2 atom stereocenters. The summed E-state index contributed by atoms with van der Waals surface area (Å²) in [7, 11) is 4.13. The predicted molar refractivity (Wildman–Crippen MR) is 100 cm³/mol. The zero-order chi connectivity index (χ0) is 19.7. The van der Waals surface area contributed by atoms with E-state index in [9.17, 15) is 13.6 Å². The Morgan fingerprint density at radius 3 is 2.67 bits per heavy atom. The lowest BCUT2D eigenvalue weighted by Crippen LogP contribution is -2.55. The van der Waals surface area contributed by atoms with Crippen LogP contribution in [0.4, 0.5) is 8.78 Å². The van der Waals surface area contributed by atoms with Gasteiger partial charge in [-0.15, -0.1) is 0 Å². The summed E-state index contributed by atoms with van der Waals surface area (Å²) in [6, 6.07) is 1.85. The number of amides is 1. The summed E-state index contributed by atoms with van der Waals surface area (Å²) in [5.41, 5.74) is 0.748. The van der Waals surface area contributed by atoms with E-state index in [1.807, 2.05) is 13.8 Å². The first-order valence-electron chi connectivity index (χ1n) is 9.26. The molecule has 1 fully saturated rings. The van der Waals surface area contributed by atoms with E-state index in [-0.39, 0.29) is 17.9 Å². The maximum atomic E-state index is 13.7. The molecule has 1 N–H and O–H groups in total. The first-order chi connectivity index (χ1) is 12.8. The number of likely N-dealkylation sites (N-methyl/N-ethyl adjacent to an activating group) is 2. The van der Waals surface area contributed by atoms with Crippen molar-refractivity contribution in [2.75, 3.05) is 40.3 Å². The Morgan fingerprint density at radius 2 is 1.96 bits per heavy atom. The number of halogens is 2. The molecule has 3 rings (SSSR count). The highest BCUT2D eigenvalue weighted by Crippen LogP contribution is 2.25. The minimum Gasteiger partial charge on any atom is -0.353 e. The lowest BCUT2D eigenvalue weighted by Gasteiger charge is -2.38. The first-order valence-corrected chi connectivity index (χ1v) is 9.26. The number of rotatable bonds is 5. The van der Waals surface area contributed by atoms with Crippen molar-refractivity contribution >= 4 is 16.9 Å². The molecule has 27 heavy (non-hydrogen) atoms. The molecular weight excluding hydrogens is 352 g/mol. The molecule has 6 nitrogen and oxygen atoms in total. The van der Waals surface area contributed by atoms with Crippen LogP contribution in [0.3, 0.4) is 0 Å². The molecule has 0 radical (unpaired) electrons. The third kappa shape index (κ3) is 4.11. The number of benzene rings is 1. The van der Waals surface area contributed by atoms with Crippen molar-refractivity contribution in [2.24, 2.45) is 5.92 Å². The van der Waals surface area contributed by atoms with Crippen LogP contribution in [0.5, 0.6) is 0 Å². The number of carbonyl (C=O) groups excluding carboxylic acids is 1. The molecule has 0 aliphatic carbocycles. The summed E-state index contributed by atoms with van der Waals surface area (Å²) in [5, 5.41) is 3.04. The van der Waals surface area contributed by atoms with Gasteiger partial charge in [-0.25, -0.2) is 13.8 Å². The highest BCUT2D eigenvalue weighted by Gasteiger charge is 2.28. The lowest BCUT2D eigenvalue weighted by molar-refractivity contribution is -0.125. The van der Waals surface area contributed by atoms with Crippen molar-refractivity contribution in [1.82, 2.24) is 24.7 Å². The average Bonchev–Trinajstić information content (AvgIpc) is 2.98. The summed E-state index contributed by atoms with van der Waals surface area (Å²) >= 11 is 0. The van der Waals surface area contributed by atoms with E-state index in [1.54, 1.807) is 4.57 Å². The third-order valence-electron chi connectivity index (χ3n) is 5.31. The standard InChI is InChI=1S/C19H27F2N5O/c1-12(2)18(19(27)22-9-13-10-24(3)5-6-25(13)4)26-11-23-16-7-14(20)15(21)8-17(16)26/h7-8,11-13,18H,5-6,9-10H2,1-4H3,(H,22,27). The van der Waals surface area contributed by atoms with E-state index in [4.69, 9.17) is 0 Å². The lowest BCUT2D eigenvalue weighted by atomic mass is 10.0. The molecule has 1 amide bonds. The molecule has 1 aliphatic heterocycles. The number of piperazine rings is 1. The van der Waals surface area contributed by atoms with Crippen LogP contribution in [0, 0.1) is 17.6 Å². The van der Waals surface area contributed by atoms with Gasteiger partial charge in [0.15, 0.2) is 11.6 Å². The van der Waals surface area contributed by atoms with Crippen LogP contribution in [-0.2, 0) is 4.79 Å². The van der Waals surface area contributed by atoms with Gasteiger partial charge in [-0.2, -0.15) is 0 Å². The van der Waals surface area contributed by atoms with Crippen LogP contribution in [-0.4, -0.2) is 71.6 Å². The van der Waals surface area contributed by atoms with Crippen molar-refractivity contribution in [3.63, 3.8) is 0 Å². The Labute approximate surface area is 158 Å². The van der Waals surface area contributed by atoms with Crippen LogP contribution >= 0.6 is 0 Å². The first kappa shape index (κ1) is 19.7. The second kappa shape index (κ2) is 7.90. The maximum Gasteiger partial charge on any atom is 0.243 e. The van der Waals surface area contributed by atoms with Crippen molar-refractivity contribution in [3.05, 3.63) is 30.1 Å². The summed E-state index contributed by atoms with van der Waals surface area (Å²) in [4.78, 5) is 21.6. The Morgan fingerprint density at radius 1 is 1.26 bits per heavy atom. The fraction of sp³-hybridized carbons (Fsp3) is 0.579. The molecular formula is C19H27F2N5O. The summed E-state index contributed by atoms with van der Waals surface area (Å²) in [5.74, 6) is -2.07. The van der Waals surface area contributed by atoms with Gasteiger partial charge in [0.2, 0.25) is 5.91 Å². The predicted octanol–water partition coefficient (Wildman–Crippen LogP) is 1.87. The molecule has 1 aromatic heterocycles. The van der Waals surface area contributed by atoms with Crippen LogP contribution in [0.25, 0.3) is 11.0 Å². The van der Waals surface area contributed by atoms with E-state index in [2.05, 4.69) is 34.2 Å². The molecule has 2 aromatic rings. The minimum atomic E-state index is -0.945. The Bertz CT molecular complexity index is 822. The summed E-state index contributed by atoms with van der Waals surface area (Å²) in [6.07, 6.45) is 1.48. The number of aromatic nitrogens is 2. The zero-order valence-electron chi connectivity index (χ0n) is 16.2. The number of carbonyl (C=O) groups is 1. The second-order valence-corrected chi connectivity index (χ2v) is 7.74. The van der Waals surface area contributed by atoms with Crippen LogP contribution in [0.1, 0.15) is 19.9 Å². The normalized spacial score (nSPS) is 20.3. The molecule has 2 unspecified atom stereocenters. The maximum absolute atomic E-state index is 13.7. The SMILES string of the molecule is CC(C)C(C(=O)NCC1CN(C)CCN1C)n1cnc2cc(F)c(F)cc21. The Hall–Kier alpha value is -2.06. The van der Waals surface area contributed by atoms with Gasteiger partial charge in [0.1, 0.15) is 6.04 Å². The summed E-state index contributed by atoms with van der Waals surface area (Å²) < 4.78 is 28.8. The van der Waals surface area contributed by atoms with Crippen molar-refractivity contribution < 1.29 is 13.6 Å². The summed E-state index contributed by atoms with van der Waals surface area (Å²) in [6.45, 7) is 7.26. The van der Waals surface area contributed by atoms with Gasteiger partial charge in [-0.1, -0.05) is 13.8 Å². The van der Waals surface area contributed by atoms with Gasteiger partial charge >= 0.3 is 0 Å². The smallest absolute Gasteiger partial charge is 0.243 e. The van der Waals surface area contributed by atoms with Crippen molar-refractivity contribution in [1.29, 1.82) is 0 Å². The van der Waals surface area contributed by atoms with Gasteiger partial charge in [0.25, 0.3) is 0 Å². The second-order valence-electron chi connectivity index (χ2n) is 7.74. The van der Waals surface area contributed by atoms with Crippen LogP contribution < -0.4 is 5.32 Å². The topological polar surface area (TPSA) is 53.4 Å². The van der Waals surface area contributed by atoms with Gasteiger partial charge < -0.3 is 14.8 Å². The zero-order valence-corrected chi connectivity index (χ0v) is 16.2. The molecule has 8 heteroatoms. The van der Waals surface area contributed by atoms with Gasteiger partial charge in [0, 0.05) is 44.4 Å². The minimum absolute atomic E-state index is 0.0396. The number of nitrogens with zero attached hydrogens (tertiary/aromatic N) is 4. The Kier molecular flexibility index (Phi) is 5.76. The van der Waals surface area contributed by atoms with E-state index in [1.165, 1.54) is 6.33 Å². The van der Waals surface area contributed by atoms with Crippen LogP contribution in [0.2, 0.25) is 0 Å². The number of nitrogens with one attached hydrogen (secondary N) is 1. The fourth-order valence-electron chi connectivity index (χ4n) is 3.64. The van der Waals surface area contributed by atoms with Crippen molar-refractivity contribution in [2.45, 2.75) is 25.9 Å². The molecule has 1 saturated heterocycles. The third-order valence-corrected chi connectivity index (χ3v) is 5.31. The van der Waals surface area contributed by atoms with Crippen LogP contribution in [0.15, 0.2) is 18.5 Å². The number of hydrogen-bond donors (Lipinski definition) is 1. The quantitative estimate of drug-likeness (QED) is 0.862. The number of hydrogen-bond acceptors (Lipinski definition) is 4. The van der Waals surface area contributed by atoms with Crippen molar-refractivity contribution in [3.8, 4) is 0 Å². The van der Waals surface area contributed by atoms with E-state index >= 15 is 0 Å². The Balaban J connectivity index is 1.79. The van der Waals surface area contributed by atoms with Gasteiger partial charge in [-0.05, 0) is 20.0 Å². The van der Waals surface area contributed by atoms with E-state index in [0.29, 0.717) is 17.6 Å². The average molecular weight is 379 g/mol. The molecule has 2 heterocycles. The molecule has 0 saturated carbocycles. The highest BCUT2D eigenvalue weighted by molar-refractivity contribution is 5.84. The number of fused-ring (bicyclic) bond motifs is 1. The molecule has 0 bridgehead atoms. The van der Waals surface area contributed by atoms with E-state index in [0.717, 1.165) is 31.8 Å². The molecule has 148 valence electrons. The van der Waals surface area contributed by atoms with Gasteiger partial charge in [-0.3, -0.25) is 9.69 Å². The molecule has 1 aromatic carbocycles. The van der Waals surface area contributed by atoms with Gasteiger partial charge in [0.05, 0.1) is 17.4 Å². The molecule has 0 spiro atoms. The van der Waals surface area contributed by atoms with E-state index < -0.39 is 17.7 Å². The fourth-order valence-corrected chi connectivity index (χ4v) is 3.64. The monoisotopic (exact) mass is 379 g/mol. The largest absolute Gasteiger partial charge is 0.353 e. The number of imidazole rings is 1.